The van der Waals surface area contributed by atoms with Gasteiger partial charge in [0.15, 0.2) is 0 Å². The Hall–Kier alpha value is -4.05. The Kier molecular flexibility index (Phi) is 3.86. The molecule has 0 atom stereocenters. The molecule has 27 heavy (non-hydrogen) atoms. The fourth-order valence-electron chi connectivity index (χ4n) is 3.00. The molecule has 0 fully saturated rings. The Morgan fingerprint density at radius 1 is 1.11 bits per heavy atom. The molecule has 0 radical (unpaired) electrons. The van der Waals surface area contributed by atoms with Crippen LogP contribution in [0.25, 0.3) is 28.3 Å². The van der Waals surface area contributed by atoms with Gasteiger partial charge in [0.05, 0.1) is 30.1 Å². The first-order chi connectivity index (χ1) is 13.1. The molecule has 0 amide bonds. The Morgan fingerprint density at radius 2 is 1.78 bits per heavy atom. The Balaban J connectivity index is 2.03. The third-order valence-corrected chi connectivity index (χ3v) is 4.28. The molecule has 3 N–H and O–H groups in total. The number of H-pyrrole nitrogens is 1. The van der Waals surface area contributed by atoms with E-state index in [-0.39, 0.29) is 11.4 Å². The SMILES string of the molecule is COc1ccc(-c2c(-c3ccc(C#N)cc3)nc3[nH]c(N)cc(=O)n23)cc1. The number of anilines is 1. The number of aromatic nitrogens is 3. The van der Waals surface area contributed by atoms with Gasteiger partial charge in [-0.15, -0.1) is 0 Å². The molecular weight excluding hydrogens is 342 g/mol. The van der Waals surface area contributed by atoms with E-state index in [0.29, 0.717) is 28.5 Å². The number of methoxy groups -OCH3 is 1. The highest BCUT2D eigenvalue weighted by atomic mass is 16.5. The molecule has 0 aliphatic heterocycles. The lowest BCUT2D eigenvalue weighted by molar-refractivity contribution is 0.415. The number of fused-ring (bicyclic) bond motifs is 1. The van der Waals surface area contributed by atoms with E-state index in [1.54, 1.807) is 31.4 Å². The molecule has 2 heterocycles. The fraction of sp³-hybridized carbons (Fsp3) is 0.0500. The fourth-order valence-corrected chi connectivity index (χ4v) is 3.00. The largest absolute Gasteiger partial charge is 0.497 e. The standard InChI is InChI=1S/C20H15N5O2/c1-27-15-8-6-14(7-9-15)19-18(13-4-2-12(11-21)3-5-13)24-20-23-16(22)10-17(26)25(19)20/h2-10H,22H2,1H3,(H,23,24). The van der Waals surface area contributed by atoms with E-state index < -0.39 is 0 Å². The van der Waals surface area contributed by atoms with Crippen molar-refractivity contribution in [1.29, 1.82) is 5.26 Å². The predicted molar refractivity (Wildman–Crippen MR) is 102 cm³/mol. The van der Waals surface area contributed by atoms with E-state index in [2.05, 4.69) is 16.0 Å². The van der Waals surface area contributed by atoms with Crippen molar-refractivity contribution < 1.29 is 4.74 Å². The number of ether oxygens (including phenoxy) is 1. The molecule has 0 unspecified atom stereocenters. The quantitative estimate of drug-likeness (QED) is 0.586. The molecule has 0 bridgehead atoms. The average Bonchev–Trinajstić information content (AvgIpc) is 3.07. The van der Waals surface area contributed by atoms with Crippen molar-refractivity contribution in [2.75, 3.05) is 12.8 Å². The van der Waals surface area contributed by atoms with Gasteiger partial charge < -0.3 is 15.5 Å². The molecule has 0 spiro atoms. The maximum atomic E-state index is 12.6. The monoisotopic (exact) mass is 357 g/mol. The zero-order valence-electron chi connectivity index (χ0n) is 14.4. The van der Waals surface area contributed by atoms with E-state index in [0.717, 1.165) is 11.1 Å². The van der Waals surface area contributed by atoms with Crippen molar-refractivity contribution in [1.82, 2.24) is 14.4 Å². The number of hydrogen-bond donors (Lipinski definition) is 2. The maximum Gasteiger partial charge on any atom is 0.261 e. The van der Waals surface area contributed by atoms with E-state index >= 15 is 0 Å². The Morgan fingerprint density at radius 3 is 2.41 bits per heavy atom. The summed E-state index contributed by atoms with van der Waals surface area (Å²) in [5, 5.41) is 9.02. The van der Waals surface area contributed by atoms with Gasteiger partial charge in [0.25, 0.3) is 5.56 Å². The van der Waals surface area contributed by atoms with Crippen LogP contribution in [0.2, 0.25) is 0 Å². The lowest BCUT2D eigenvalue weighted by Gasteiger charge is -2.07. The Labute approximate surface area is 154 Å². The van der Waals surface area contributed by atoms with Gasteiger partial charge in [0, 0.05) is 17.2 Å². The van der Waals surface area contributed by atoms with Gasteiger partial charge in [0.2, 0.25) is 5.78 Å². The minimum Gasteiger partial charge on any atom is -0.497 e. The summed E-state index contributed by atoms with van der Waals surface area (Å²) in [4.78, 5) is 20.1. The molecule has 7 nitrogen and oxygen atoms in total. The number of nitrogens with two attached hydrogens (primary N) is 1. The van der Waals surface area contributed by atoms with Crippen LogP contribution in [0, 0.1) is 11.3 Å². The second kappa shape index (κ2) is 6.35. The first-order valence-electron chi connectivity index (χ1n) is 8.17. The summed E-state index contributed by atoms with van der Waals surface area (Å²) >= 11 is 0. The highest BCUT2D eigenvalue weighted by Gasteiger charge is 2.18. The molecule has 2 aromatic heterocycles. The molecule has 132 valence electrons. The topological polar surface area (TPSA) is 109 Å². The summed E-state index contributed by atoms with van der Waals surface area (Å²) in [5.74, 6) is 1.31. The highest BCUT2D eigenvalue weighted by Crippen LogP contribution is 2.32. The number of nitrogen functional groups attached to an aromatic ring is 1. The summed E-state index contributed by atoms with van der Waals surface area (Å²) < 4.78 is 6.71. The molecule has 4 rings (SSSR count). The van der Waals surface area contributed by atoms with Crippen molar-refractivity contribution >= 4 is 11.6 Å². The normalized spacial score (nSPS) is 10.7. The molecule has 0 saturated heterocycles. The van der Waals surface area contributed by atoms with Crippen molar-refractivity contribution in [3.63, 3.8) is 0 Å². The minimum atomic E-state index is -0.278. The summed E-state index contributed by atoms with van der Waals surface area (Å²) in [5.41, 5.74) is 8.89. The number of nitrogens with zero attached hydrogens (tertiary/aromatic N) is 3. The van der Waals surface area contributed by atoms with Crippen LogP contribution in [-0.4, -0.2) is 21.5 Å². The van der Waals surface area contributed by atoms with Crippen LogP contribution < -0.4 is 16.0 Å². The molecule has 2 aromatic carbocycles. The molecule has 0 aliphatic carbocycles. The van der Waals surface area contributed by atoms with Crippen LogP contribution in [0.1, 0.15) is 5.56 Å². The highest BCUT2D eigenvalue weighted by molar-refractivity contribution is 5.81. The zero-order chi connectivity index (χ0) is 19.0. The van der Waals surface area contributed by atoms with Gasteiger partial charge in [-0.25, -0.2) is 9.38 Å². The third-order valence-electron chi connectivity index (χ3n) is 4.28. The lowest BCUT2D eigenvalue weighted by atomic mass is 10.0. The number of aromatic amines is 1. The van der Waals surface area contributed by atoms with Crippen molar-refractivity contribution in [2.45, 2.75) is 0 Å². The zero-order valence-corrected chi connectivity index (χ0v) is 14.4. The van der Waals surface area contributed by atoms with E-state index in [4.69, 9.17) is 15.7 Å². The van der Waals surface area contributed by atoms with Gasteiger partial charge in [-0.3, -0.25) is 4.79 Å². The van der Waals surface area contributed by atoms with Gasteiger partial charge in [-0.2, -0.15) is 5.26 Å². The van der Waals surface area contributed by atoms with E-state index in [1.807, 2.05) is 24.3 Å². The van der Waals surface area contributed by atoms with Crippen molar-refractivity contribution in [3.05, 3.63) is 70.5 Å². The molecule has 0 saturated carbocycles. The number of hydrogen-bond acceptors (Lipinski definition) is 5. The molecule has 0 aliphatic rings. The van der Waals surface area contributed by atoms with Gasteiger partial charge in [-0.1, -0.05) is 12.1 Å². The third kappa shape index (κ3) is 2.79. The van der Waals surface area contributed by atoms with E-state index in [1.165, 1.54) is 10.5 Å². The molecule has 7 heteroatoms. The number of imidazole rings is 1. The lowest BCUT2D eigenvalue weighted by Crippen LogP contribution is -2.15. The maximum absolute atomic E-state index is 12.6. The van der Waals surface area contributed by atoms with Crippen LogP contribution in [0.3, 0.4) is 0 Å². The molecule has 4 aromatic rings. The molecular formula is C20H15N5O2. The van der Waals surface area contributed by atoms with Gasteiger partial charge >= 0.3 is 0 Å². The smallest absolute Gasteiger partial charge is 0.261 e. The van der Waals surface area contributed by atoms with Crippen molar-refractivity contribution in [3.8, 4) is 34.3 Å². The van der Waals surface area contributed by atoms with Crippen LogP contribution in [-0.2, 0) is 0 Å². The Bertz CT molecular complexity index is 1230. The summed E-state index contributed by atoms with van der Waals surface area (Å²) in [6.07, 6.45) is 0. The van der Waals surface area contributed by atoms with Gasteiger partial charge in [0.1, 0.15) is 11.6 Å². The van der Waals surface area contributed by atoms with E-state index in [9.17, 15) is 4.79 Å². The first-order valence-corrected chi connectivity index (χ1v) is 8.17. The summed E-state index contributed by atoms with van der Waals surface area (Å²) in [6, 6.07) is 17.8. The van der Waals surface area contributed by atoms with Crippen LogP contribution in [0.4, 0.5) is 5.82 Å². The average molecular weight is 357 g/mol. The number of benzene rings is 2. The van der Waals surface area contributed by atoms with Crippen molar-refractivity contribution in [2.24, 2.45) is 0 Å². The number of nitriles is 1. The number of rotatable bonds is 3. The van der Waals surface area contributed by atoms with Crippen LogP contribution in [0.5, 0.6) is 5.75 Å². The predicted octanol–water partition coefficient (Wildman–Crippen LogP) is 2.82. The first kappa shape index (κ1) is 16.4. The van der Waals surface area contributed by atoms with Gasteiger partial charge in [-0.05, 0) is 36.4 Å². The summed E-state index contributed by atoms with van der Waals surface area (Å²) in [6.45, 7) is 0. The minimum absolute atomic E-state index is 0.241. The van der Waals surface area contributed by atoms with Crippen LogP contribution >= 0.6 is 0 Å². The van der Waals surface area contributed by atoms with Crippen LogP contribution in [0.15, 0.2) is 59.4 Å². The second-order valence-electron chi connectivity index (χ2n) is 5.95. The second-order valence-corrected chi connectivity index (χ2v) is 5.95. The summed E-state index contributed by atoms with van der Waals surface area (Å²) in [7, 11) is 1.60. The number of nitrogens with one attached hydrogen (secondary N) is 1.